The van der Waals surface area contributed by atoms with Crippen LogP contribution in [0.25, 0.3) is 0 Å². The number of carbonyl (C=O) groups excluding carboxylic acids is 3. The smallest absolute Gasteiger partial charge is 0.357 e. The number of nitrogens with zero attached hydrogens (tertiary/aromatic N) is 3. The molecule has 12 heteroatoms. The number of piperidine rings is 1. The molecule has 0 unspecified atom stereocenters. The average molecular weight is 725 g/mol. The molecule has 0 radical (unpaired) electrons. The first kappa shape index (κ1) is 43.3. The number of likely N-dealkylation sites (tertiary alicyclic amines) is 1. The van der Waals surface area contributed by atoms with E-state index in [-0.39, 0.29) is 53.1 Å². The molecule has 1 aromatic heterocycles. The number of nitrogens with one attached hydrogen (secondary N) is 1. The van der Waals surface area contributed by atoms with Gasteiger partial charge in [-0.3, -0.25) is 19.3 Å². The lowest BCUT2D eigenvalue weighted by Crippen LogP contribution is -2.58. The van der Waals surface area contributed by atoms with Crippen LogP contribution in [0.15, 0.2) is 5.38 Å². The third-order valence-corrected chi connectivity index (χ3v) is 15.8. The number of hydrogen-bond acceptors (Lipinski definition) is 9. The fourth-order valence-electron chi connectivity index (χ4n) is 5.81. The fourth-order valence-corrected chi connectivity index (χ4v) is 8.00. The van der Waals surface area contributed by atoms with Gasteiger partial charge in [0.05, 0.1) is 31.4 Å². The minimum absolute atomic E-state index is 0.00708. The maximum absolute atomic E-state index is 14.8. The predicted molar refractivity (Wildman–Crippen MR) is 201 cm³/mol. The molecule has 0 aliphatic carbocycles. The number of ether oxygens (including phenoxy) is 1. The molecule has 1 aromatic rings. The Labute approximate surface area is 302 Å². The summed E-state index contributed by atoms with van der Waals surface area (Å²) < 4.78 is 12.3. The van der Waals surface area contributed by atoms with Gasteiger partial charge in [-0.05, 0) is 69.7 Å². The highest BCUT2D eigenvalue weighted by molar-refractivity contribution is 7.09. The zero-order chi connectivity index (χ0) is 36.9. The molecule has 282 valence electrons. The molecule has 1 N–H and O–H groups in total. The Kier molecular flexibility index (Phi) is 17.9. The van der Waals surface area contributed by atoms with E-state index in [9.17, 15) is 14.4 Å². The van der Waals surface area contributed by atoms with E-state index in [2.05, 4.69) is 64.9 Å². The SMILES string of the molecule is CCCCCCON(C(=O)[C@@H](NC(=O)[C@H]1CCCCN1C)[C@@H](C)CC)[C@H](C[C@@H](O[Si](C)(C)C(C)(C)C)c1nc(C(=O)OCC)cs1)C(C)C. The van der Waals surface area contributed by atoms with Crippen molar-refractivity contribution in [3.8, 4) is 0 Å². The van der Waals surface area contributed by atoms with Crippen molar-refractivity contribution in [2.75, 3.05) is 26.8 Å². The average Bonchev–Trinajstić information content (AvgIpc) is 3.53. The highest BCUT2D eigenvalue weighted by atomic mass is 32.1. The fraction of sp³-hybridized carbons (Fsp3) is 0.838. The lowest BCUT2D eigenvalue weighted by atomic mass is 9.93. The van der Waals surface area contributed by atoms with Gasteiger partial charge in [0.15, 0.2) is 14.0 Å². The molecule has 1 fully saturated rings. The largest absolute Gasteiger partial charge is 0.461 e. The number of esters is 1. The van der Waals surface area contributed by atoms with Crippen LogP contribution in [0.2, 0.25) is 18.1 Å². The van der Waals surface area contributed by atoms with Crippen LogP contribution in [0.5, 0.6) is 0 Å². The van der Waals surface area contributed by atoms with E-state index in [4.69, 9.17) is 19.0 Å². The second kappa shape index (κ2) is 20.2. The van der Waals surface area contributed by atoms with Crippen molar-refractivity contribution in [2.45, 2.75) is 162 Å². The normalized spacial score (nSPS) is 18.5. The van der Waals surface area contributed by atoms with Crippen molar-refractivity contribution in [2.24, 2.45) is 11.8 Å². The summed E-state index contributed by atoms with van der Waals surface area (Å²) in [5.74, 6) is -0.896. The second-order valence-electron chi connectivity index (χ2n) is 15.6. The van der Waals surface area contributed by atoms with Crippen molar-refractivity contribution >= 4 is 37.4 Å². The molecule has 0 bridgehead atoms. The van der Waals surface area contributed by atoms with E-state index in [1.807, 2.05) is 20.9 Å². The summed E-state index contributed by atoms with van der Waals surface area (Å²) in [6.07, 6.45) is 7.56. The molecule has 1 saturated heterocycles. The number of amides is 2. The first-order valence-electron chi connectivity index (χ1n) is 18.8. The molecule has 0 spiro atoms. The highest BCUT2D eigenvalue weighted by Gasteiger charge is 2.43. The summed E-state index contributed by atoms with van der Waals surface area (Å²) in [4.78, 5) is 54.4. The molecular formula is C37H68N4O6SSi. The van der Waals surface area contributed by atoms with Gasteiger partial charge in [0.1, 0.15) is 11.0 Å². The van der Waals surface area contributed by atoms with Crippen LogP contribution in [0.1, 0.15) is 142 Å². The van der Waals surface area contributed by atoms with E-state index >= 15 is 0 Å². The highest BCUT2D eigenvalue weighted by Crippen LogP contribution is 2.42. The van der Waals surface area contributed by atoms with Crippen LogP contribution in [0.4, 0.5) is 0 Å². The van der Waals surface area contributed by atoms with Gasteiger partial charge in [0.25, 0.3) is 5.91 Å². The Hall–Kier alpha value is -1.86. The van der Waals surface area contributed by atoms with Crippen LogP contribution < -0.4 is 5.32 Å². The van der Waals surface area contributed by atoms with E-state index in [0.717, 1.165) is 57.9 Å². The Morgan fingerprint density at radius 2 is 1.80 bits per heavy atom. The monoisotopic (exact) mass is 724 g/mol. The van der Waals surface area contributed by atoms with E-state index < -0.39 is 26.4 Å². The van der Waals surface area contributed by atoms with Crippen molar-refractivity contribution in [1.29, 1.82) is 0 Å². The molecule has 5 atom stereocenters. The summed E-state index contributed by atoms with van der Waals surface area (Å²) in [5, 5.41) is 7.08. The van der Waals surface area contributed by atoms with Gasteiger partial charge in [-0.25, -0.2) is 14.8 Å². The van der Waals surface area contributed by atoms with Crippen LogP contribution in [-0.2, 0) is 23.6 Å². The first-order chi connectivity index (χ1) is 23.0. The molecule has 0 aromatic carbocycles. The number of thiazole rings is 1. The van der Waals surface area contributed by atoms with Gasteiger partial charge in [-0.2, -0.15) is 0 Å². The molecule has 10 nitrogen and oxygen atoms in total. The molecular weight excluding hydrogens is 657 g/mol. The lowest BCUT2D eigenvalue weighted by Gasteiger charge is -2.42. The number of rotatable bonds is 20. The Morgan fingerprint density at radius 3 is 2.37 bits per heavy atom. The minimum Gasteiger partial charge on any atom is -0.461 e. The van der Waals surface area contributed by atoms with Crippen molar-refractivity contribution in [3.05, 3.63) is 16.1 Å². The van der Waals surface area contributed by atoms with E-state index in [0.29, 0.717) is 18.0 Å². The number of unbranched alkanes of at least 4 members (excludes halogenated alkanes) is 3. The van der Waals surface area contributed by atoms with Gasteiger partial charge in [-0.1, -0.05) is 87.5 Å². The third-order valence-electron chi connectivity index (χ3n) is 10.3. The lowest BCUT2D eigenvalue weighted by molar-refractivity contribution is -0.212. The number of hydrogen-bond donors (Lipinski definition) is 1. The van der Waals surface area contributed by atoms with Gasteiger partial charge in [-0.15, -0.1) is 11.3 Å². The number of aromatic nitrogens is 1. The molecule has 0 saturated carbocycles. The molecule has 2 heterocycles. The first-order valence-corrected chi connectivity index (χ1v) is 22.5. The van der Waals surface area contributed by atoms with Gasteiger partial charge < -0.3 is 14.5 Å². The van der Waals surface area contributed by atoms with Crippen molar-refractivity contribution in [1.82, 2.24) is 20.3 Å². The van der Waals surface area contributed by atoms with Crippen molar-refractivity contribution in [3.63, 3.8) is 0 Å². The van der Waals surface area contributed by atoms with Crippen molar-refractivity contribution < 1.29 is 28.4 Å². The van der Waals surface area contributed by atoms with Gasteiger partial charge in [0.2, 0.25) is 5.91 Å². The summed E-state index contributed by atoms with van der Waals surface area (Å²) in [6, 6.07) is -1.37. The number of likely N-dealkylation sites (N-methyl/N-ethyl adjacent to an activating group) is 1. The molecule has 1 aliphatic heterocycles. The second-order valence-corrected chi connectivity index (χ2v) is 21.3. The molecule has 49 heavy (non-hydrogen) atoms. The Balaban J connectivity index is 2.56. The quantitative estimate of drug-likeness (QED) is 0.0621. The molecule has 2 rings (SSSR count). The van der Waals surface area contributed by atoms with E-state index in [1.54, 1.807) is 17.4 Å². The predicted octanol–water partition coefficient (Wildman–Crippen LogP) is 8.15. The molecule has 2 amide bonds. The third kappa shape index (κ3) is 12.7. The van der Waals surface area contributed by atoms with Gasteiger partial charge in [0, 0.05) is 11.8 Å². The van der Waals surface area contributed by atoms with E-state index in [1.165, 1.54) is 11.3 Å². The Bertz CT molecular complexity index is 1170. The zero-order valence-corrected chi connectivity index (χ0v) is 34.5. The van der Waals surface area contributed by atoms with Gasteiger partial charge >= 0.3 is 5.97 Å². The number of hydroxylamine groups is 2. The number of carbonyl (C=O) groups is 3. The zero-order valence-electron chi connectivity index (χ0n) is 32.7. The van der Waals surface area contributed by atoms with Crippen LogP contribution in [-0.4, -0.2) is 86.0 Å². The van der Waals surface area contributed by atoms with Crippen LogP contribution in [0, 0.1) is 11.8 Å². The van der Waals surface area contributed by atoms with Crippen LogP contribution >= 0.6 is 11.3 Å². The molecule has 1 aliphatic rings. The standard InChI is InChI=1S/C37H68N4O6SSi/c1-13-16-17-20-23-46-41(35(43)32(27(6)14-2)39-33(42)29-21-18-19-22-40(29)10)30(26(4)5)24-31(47-49(11,12)37(7,8)9)34-38-28(25-48-34)36(44)45-15-3/h25-27,29-32H,13-24H2,1-12H3,(H,39,42)/t27-,29+,30+,31+,32-/m0/s1. The van der Waals surface area contributed by atoms with Crippen LogP contribution in [0.3, 0.4) is 0 Å². The summed E-state index contributed by atoms with van der Waals surface area (Å²) in [7, 11) is -0.352. The summed E-state index contributed by atoms with van der Waals surface area (Å²) in [5.41, 5.74) is 0.263. The topological polar surface area (TPSA) is 110 Å². The summed E-state index contributed by atoms with van der Waals surface area (Å²) in [6.45, 7) is 24.7. The maximum Gasteiger partial charge on any atom is 0.357 e. The summed E-state index contributed by atoms with van der Waals surface area (Å²) >= 11 is 1.38. The minimum atomic E-state index is -2.34. The maximum atomic E-state index is 14.8. The Morgan fingerprint density at radius 1 is 1.10 bits per heavy atom.